The minimum atomic E-state index is -4.25. The summed E-state index contributed by atoms with van der Waals surface area (Å²) in [5.74, 6) is 0. The molecule has 0 spiro atoms. The van der Waals surface area contributed by atoms with Crippen molar-refractivity contribution in [3.63, 3.8) is 0 Å². The molecule has 2 heterocycles. The number of rotatable bonds is 7. The van der Waals surface area contributed by atoms with Crippen molar-refractivity contribution in [2.24, 2.45) is 0 Å². The zero-order valence-corrected chi connectivity index (χ0v) is 11.8. The van der Waals surface area contributed by atoms with Gasteiger partial charge in [-0.3, -0.25) is 9.36 Å². The summed E-state index contributed by atoms with van der Waals surface area (Å²) in [7, 11) is 0. The molecule has 0 saturated heterocycles. The quantitative estimate of drug-likeness (QED) is 0.854. The maximum Gasteiger partial charge on any atom is 0.408 e. The maximum absolute atomic E-state index is 12.2. The number of nitrogens with zero attached hydrogens (tertiary/aromatic N) is 4. The Balaban J connectivity index is 1.82. The third-order valence-corrected chi connectivity index (χ3v) is 2.90. The molecule has 0 bridgehead atoms. The van der Waals surface area contributed by atoms with Crippen LogP contribution >= 0.6 is 0 Å². The summed E-state index contributed by atoms with van der Waals surface area (Å²) in [6.45, 7) is 2.96. The fourth-order valence-electron chi connectivity index (χ4n) is 2.03. The molecule has 0 unspecified atom stereocenters. The third kappa shape index (κ3) is 4.89. The van der Waals surface area contributed by atoms with E-state index in [0.717, 1.165) is 28.9 Å². The number of aromatic nitrogens is 4. The zero-order valence-electron chi connectivity index (χ0n) is 11.8. The average Bonchev–Trinajstić information content (AvgIpc) is 2.98. The highest BCUT2D eigenvalue weighted by Gasteiger charge is 2.28. The minimum absolute atomic E-state index is 0.467. The molecule has 0 radical (unpaired) electrons. The Kier molecular flexibility index (Phi) is 5.00. The van der Waals surface area contributed by atoms with Crippen LogP contribution in [0.5, 0.6) is 0 Å². The summed E-state index contributed by atoms with van der Waals surface area (Å²) in [6.07, 6.45) is 1.35. The fourth-order valence-corrected chi connectivity index (χ4v) is 2.03. The van der Waals surface area contributed by atoms with Gasteiger partial charge in [-0.2, -0.15) is 23.4 Å². The van der Waals surface area contributed by atoms with E-state index in [9.17, 15) is 13.2 Å². The molecule has 116 valence electrons. The first-order valence-electron chi connectivity index (χ1n) is 6.77. The summed E-state index contributed by atoms with van der Waals surface area (Å²) in [4.78, 5) is 0. The molecule has 0 saturated carbocycles. The summed E-state index contributed by atoms with van der Waals surface area (Å²) in [5.41, 5.74) is 1.78. The van der Waals surface area contributed by atoms with Crippen molar-refractivity contribution in [1.82, 2.24) is 24.9 Å². The highest BCUT2D eigenvalue weighted by molar-refractivity contribution is 5.05. The molecular formula is C13H18F3N5. The second kappa shape index (κ2) is 6.75. The zero-order chi connectivity index (χ0) is 15.3. The van der Waals surface area contributed by atoms with E-state index in [4.69, 9.17) is 0 Å². The van der Waals surface area contributed by atoms with Gasteiger partial charge in [0.15, 0.2) is 0 Å². The first kappa shape index (κ1) is 15.6. The lowest BCUT2D eigenvalue weighted by molar-refractivity contribution is -0.142. The highest BCUT2D eigenvalue weighted by Crippen LogP contribution is 2.17. The normalized spacial score (nSPS) is 12.0. The molecule has 1 N–H and O–H groups in total. The van der Waals surface area contributed by atoms with Crippen LogP contribution in [0.25, 0.3) is 0 Å². The Bertz CT molecular complexity index is 558. The van der Waals surface area contributed by atoms with Crippen LogP contribution in [0.2, 0.25) is 0 Å². The van der Waals surface area contributed by atoms with E-state index in [1.165, 1.54) is 12.4 Å². The molecule has 0 aromatic carbocycles. The van der Waals surface area contributed by atoms with Crippen molar-refractivity contribution >= 4 is 0 Å². The molecule has 2 rings (SSSR count). The molecule has 0 aliphatic carbocycles. The summed E-state index contributed by atoms with van der Waals surface area (Å²) >= 11 is 0. The number of hydrogen-bond acceptors (Lipinski definition) is 3. The van der Waals surface area contributed by atoms with Crippen LogP contribution in [0.1, 0.15) is 24.6 Å². The van der Waals surface area contributed by atoms with Gasteiger partial charge < -0.3 is 5.32 Å². The van der Waals surface area contributed by atoms with Crippen molar-refractivity contribution in [2.75, 3.05) is 0 Å². The van der Waals surface area contributed by atoms with Crippen molar-refractivity contribution in [1.29, 1.82) is 0 Å². The molecule has 0 amide bonds. The Labute approximate surface area is 120 Å². The van der Waals surface area contributed by atoms with Crippen LogP contribution in [0.3, 0.4) is 0 Å². The van der Waals surface area contributed by atoms with E-state index in [1.54, 1.807) is 6.20 Å². The monoisotopic (exact) mass is 301 g/mol. The number of hydrogen-bond donors (Lipinski definition) is 1. The molecular weight excluding hydrogens is 283 g/mol. The molecule has 0 fully saturated rings. The average molecular weight is 301 g/mol. The Morgan fingerprint density at radius 2 is 2.05 bits per heavy atom. The standard InChI is InChI=1S/C13H18F3N5/c1-2-5-21-12(3-4-18-21)8-17-6-11-7-19-20(9-11)10-13(14,15)16/h3-4,7,9,17H,2,5-6,8,10H2,1H3. The molecule has 8 heteroatoms. The number of alkyl halides is 3. The van der Waals surface area contributed by atoms with Crippen molar-refractivity contribution in [2.45, 2.75) is 45.7 Å². The van der Waals surface area contributed by atoms with Gasteiger partial charge in [-0.15, -0.1) is 0 Å². The van der Waals surface area contributed by atoms with E-state index in [1.807, 2.05) is 10.7 Å². The van der Waals surface area contributed by atoms with Crippen LogP contribution in [0.4, 0.5) is 13.2 Å². The molecule has 0 aliphatic rings. The highest BCUT2D eigenvalue weighted by atomic mass is 19.4. The number of nitrogens with one attached hydrogen (secondary N) is 1. The molecule has 2 aromatic heterocycles. The second-order valence-corrected chi connectivity index (χ2v) is 4.81. The number of aryl methyl sites for hydroxylation is 1. The molecule has 0 aliphatic heterocycles. The van der Waals surface area contributed by atoms with Crippen molar-refractivity contribution < 1.29 is 13.2 Å². The number of halogens is 3. The van der Waals surface area contributed by atoms with E-state index < -0.39 is 12.7 Å². The van der Waals surface area contributed by atoms with Gasteiger partial charge in [0.2, 0.25) is 0 Å². The third-order valence-electron chi connectivity index (χ3n) is 2.90. The van der Waals surface area contributed by atoms with Crippen LogP contribution in [0.15, 0.2) is 24.7 Å². The van der Waals surface area contributed by atoms with Crippen LogP contribution in [-0.2, 0) is 26.2 Å². The Morgan fingerprint density at radius 3 is 2.76 bits per heavy atom. The van der Waals surface area contributed by atoms with Crippen molar-refractivity contribution in [3.05, 3.63) is 35.9 Å². The van der Waals surface area contributed by atoms with Gasteiger partial charge in [0.1, 0.15) is 6.54 Å². The fraction of sp³-hybridized carbons (Fsp3) is 0.538. The molecule has 0 atom stereocenters. The maximum atomic E-state index is 12.2. The lowest BCUT2D eigenvalue weighted by Crippen LogP contribution is -2.18. The SMILES string of the molecule is CCCn1nccc1CNCc1cnn(CC(F)(F)F)c1. The predicted octanol–water partition coefficient (Wildman–Crippen LogP) is 2.34. The van der Waals surface area contributed by atoms with E-state index in [2.05, 4.69) is 22.4 Å². The Hall–Kier alpha value is -1.83. The summed E-state index contributed by atoms with van der Waals surface area (Å²) < 4.78 is 39.5. The van der Waals surface area contributed by atoms with Gasteiger partial charge in [0.05, 0.1) is 11.9 Å². The first-order chi connectivity index (χ1) is 9.98. The molecule has 5 nitrogen and oxygen atoms in total. The largest absolute Gasteiger partial charge is 0.408 e. The van der Waals surface area contributed by atoms with E-state index in [-0.39, 0.29) is 0 Å². The van der Waals surface area contributed by atoms with Gasteiger partial charge in [0.25, 0.3) is 0 Å². The lowest BCUT2D eigenvalue weighted by atomic mass is 10.3. The van der Waals surface area contributed by atoms with E-state index in [0.29, 0.717) is 13.1 Å². The predicted molar refractivity (Wildman–Crippen MR) is 71.3 cm³/mol. The van der Waals surface area contributed by atoms with Crippen LogP contribution < -0.4 is 5.32 Å². The van der Waals surface area contributed by atoms with Gasteiger partial charge in [-0.1, -0.05) is 6.92 Å². The van der Waals surface area contributed by atoms with E-state index >= 15 is 0 Å². The van der Waals surface area contributed by atoms with Crippen LogP contribution in [-0.4, -0.2) is 25.7 Å². The summed E-state index contributed by atoms with van der Waals surface area (Å²) in [5, 5.41) is 11.1. The molecule has 21 heavy (non-hydrogen) atoms. The van der Waals surface area contributed by atoms with Gasteiger partial charge >= 0.3 is 6.18 Å². The second-order valence-electron chi connectivity index (χ2n) is 4.81. The smallest absolute Gasteiger partial charge is 0.307 e. The topological polar surface area (TPSA) is 47.7 Å². The lowest BCUT2D eigenvalue weighted by Gasteiger charge is -2.07. The minimum Gasteiger partial charge on any atom is -0.307 e. The van der Waals surface area contributed by atoms with Gasteiger partial charge in [-0.25, -0.2) is 0 Å². The van der Waals surface area contributed by atoms with Crippen LogP contribution in [0, 0.1) is 0 Å². The van der Waals surface area contributed by atoms with Crippen molar-refractivity contribution in [3.8, 4) is 0 Å². The van der Waals surface area contributed by atoms with Gasteiger partial charge in [-0.05, 0) is 12.5 Å². The summed E-state index contributed by atoms with van der Waals surface area (Å²) in [6, 6.07) is 1.93. The molecule has 2 aromatic rings. The van der Waals surface area contributed by atoms with Gasteiger partial charge in [0, 0.05) is 37.6 Å². The Morgan fingerprint density at radius 1 is 1.24 bits per heavy atom. The first-order valence-corrected chi connectivity index (χ1v) is 6.77.